The number of para-hydroxylation sites is 1. The summed E-state index contributed by atoms with van der Waals surface area (Å²) in [6.07, 6.45) is 0. The number of hydrogen-bond acceptors (Lipinski definition) is 4. The van der Waals surface area contributed by atoms with E-state index in [0.717, 1.165) is 10.2 Å². The third-order valence-electron chi connectivity index (χ3n) is 2.09. The van der Waals surface area contributed by atoms with Crippen LogP contribution in [0.1, 0.15) is 10.9 Å². The highest BCUT2D eigenvalue weighted by Crippen LogP contribution is 2.28. The summed E-state index contributed by atoms with van der Waals surface area (Å²) in [5.74, 6) is -1.20. The fraction of sp³-hybridized carbons (Fsp3) is 0.200. The number of fused-ring (bicyclic) bond motifs is 1. The van der Waals surface area contributed by atoms with Gasteiger partial charge in [0.15, 0.2) is 0 Å². The van der Waals surface area contributed by atoms with Crippen molar-refractivity contribution in [3.05, 3.63) is 29.3 Å². The minimum Gasteiger partial charge on any atom is -0.481 e. The Kier molecular flexibility index (Phi) is 2.93. The van der Waals surface area contributed by atoms with Crippen LogP contribution in [0.4, 0.5) is 0 Å². The largest absolute Gasteiger partial charge is 0.481 e. The zero-order chi connectivity index (χ0) is 10.8. The van der Waals surface area contributed by atoms with E-state index in [1.165, 1.54) is 11.3 Å². The Labute approximate surface area is 96.2 Å². The van der Waals surface area contributed by atoms with Gasteiger partial charge in [-0.25, -0.2) is 4.98 Å². The Balaban J connectivity index is 2.47. The first kappa shape index (κ1) is 10.4. The molecule has 2 rings (SSSR count). The zero-order valence-electron chi connectivity index (χ0n) is 7.75. The molecular formula is C10H9NO2S2. The summed E-state index contributed by atoms with van der Waals surface area (Å²) < 4.78 is 1.01. The number of nitrogens with zero attached hydrogens (tertiary/aromatic N) is 1. The van der Waals surface area contributed by atoms with Crippen LogP contribution < -0.4 is 0 Å². The van der Waals surface area contributed by atoms with Crippen molar-refractivity contribution < 1.29 is 9.90 Å². The lowest BCUT2D eigenvalue weighted by atomic mass is 10.2. The van der Waals surface area contributed by atoms with Crippen molar-refractivity contribution in [1.29, 1.82) is 0 Å². The van der Waals surface area contributed by atoms with Gasteiger partial charge >= 0.3 is 5.97 Å². The normalized spacial score (nSPS) is 12.9. The molecule has 1 aromatic carbocycles. The molecule has 0 unspecified atom stereocenters. The van der Waals surface area contributed by atoms with E-state index in [9.17, 15) is 4.79 Å². The van der Waals surface area contributed by atoms with Gasteiger partial charge in [-0.15, -0.1) is 11.3 Å². The predicted molar refractivity (Wildman–Crippen MR) is 63.8 cm³/mol. The van der Waals surface area contributed by atoms with Crippen molar-refractivity contribution in [2.24, 2.45) is 0 Å². The molecule has 0 radical (unpaired) electrons. The molecule has 0 fully saturated rings. The second-order valence-corrected chi connectivity index (χ2v) is 4.52. The number of hydrogen-bond donors (Lipinski definition) is 2. The Morgan fingerprint density at radius 1 is 1.53 bits per heavy atom. The van der Waals surface area contributed by atoms with Gasteiger partial charge in [-0.05, 0) is 12.1 Å². The maximum absolute atomic E-state index is 10.9. The zero-order valence-corrected chi connectivity index (χ0v) is 9.46. The molecule has 2 aromatic rings. The van der Waals surface area contributed by atoms with E-state index in [4.69, 9.17) is 5.11 Å². The van der Waals surface area contributed by atoms with E-state index in [1.54, 1.807) is 0 Å². The molecule has 0 saturated carbocycles. The highest BCUT2D eigenvalue weighted by Gasteiger charge is 2.21. The van der Waals surface area contributed by atoms with Crippen molar-refractivity contribution in [3.8, 4) is 0 Å². The van der Waals surface area contributed by atoms with Crippen molar-refractivity contribution in [2.75, 3.05) is 5.75 Å². The lowest BCUT2D eigenvalue weighted by molar-refractivity contribution is -0.138. The van der Waals surface area contributed by atoms with Crippen molar-refractivity contribution in [2.45, 2.75) is 5.92 Å². The molecule has 0 aliphatic carbocycles. The quantitative estimate of drug-likeness (QED) is 0.809. The lowest BCUT2D eigenvalue weighted by Crippen LogP contribution is -2.12. The molecule has 0 amide bonds. The number of benzene rings is 1. The predicted octanol–water partition coefficient (Wildman–Crippen LogP) is 2.39. The van der Waals surface area contributed by atoms with Gasteiger partial charge in [-0.2, -0.15) is 12.6 Å². The number of thiazole rings is 1. The summed E-state index contributed by atoms with van der Waals surface area (Å²) >= 11 is 5.45. The van der Waals surface area contributed by atoms with Gasteiger partial charge in [0.05, 0.1) is 10.2 Å². The number of thiol groups is 1. The Hall–Kier alpha value is -1.07. The Morgan fingerprint density at radius 3 is 2.87 bits per heavy atom. The molecule has 1 N–H and O–H groups in total. The topological polar surface area (TPSA) is 50.2 Å². The SMILES string of the molecule is O=C(O)[C@H](CS)c1nc2ccccc2s1. The summed E-state index contributed by atoms with van der Waals surface area (Å²) in [6.45, 7) is 0. The molecule has 0 bridgehead atoms. The summed E-state index contributed by atoms with van der Waals surface area (Å²) in [7, 11) is 0. The van der Waals surface area contributed by atoms with Crippen LogP contribution in [0.3, 0.4) is 0 Å². The van der Waals surface area contributed by atoms with Crippen LogP contribution in [-0.2, 0) is 4.79 Å². The van der Waals surface area contributed by atoms with Crippen LogP contribution in [-0.4, -0.2) is 21.8 Å². The van der Waals surface area contributed by atoms with E-state index >= 15 is 0 Å². The van der Waals surface area contributed by atoms with Gasteiger partial charge in [-0.1, -0.05) is 12.1 Å². The van der Waals surface area contributed by atoms with Gasteiger partial charge in [-0.3, -0.25) is 4.79 Å². The number of carboxylic acid groups (broad SMARTS) is 1. The van der Waals surface area contributed by atoms with Crippen molar-refractivity contribution in [1.82, 2.24) is 4.98 Å². The van der Waals surface area contributed by atoms with Gasteiger partial charge in [0.1, 0.15) is 10.9 Å². The van der Waals surface area contributed by atoms with Gasteiger partial charge in [0, 0.05) is 5.75 Å². The maximum Gasteiger partial charge on any atom is 0.314 e. The third-order valence-corrected chi connectivity index (χ3v) is 3.60. The molecule has 5 heteroatoms. The molecule has 1 heterocycles. The monoisotopic (exact) mass is 239 g/mol. The first-order valence-electron chi connectivity index (χ1n) is 4.41. The number of aliphatic carboxylic acids is 1. The van der Waals surface area contributed by atoms with E-state index in [1.807, 2.05) is 24.3 Å². The third kappa shape index (κ3) is 1.98. The highest BCUT2D eigenvalue weighted by atomic mass is 32.1. The van der Waals surface area contributed by atoms with E-state index in [2.05, 4.69) is 17.6 Å². The molecule has 1 atom stereocenters. The number of carbonyl (C=O) groups is 1. The van der Waals surface area contributed by atoms with E-state index in [0.29, 0.717) is 5.01 Å². The summed E-state index contributed by atoms with van der Waals surface area (Å²) in [6, 6.07) is 7.63. The van der Waals surface area contributed by atoms with Crippen molar-refractivity contribution in [3.63, 3.8) is 0 Å². The Bertz CT molecular complexity index is 462. The van der Waals surface area contributed by atoms with Gasteiger partial charge in [0.2, 0.25) is 0 Å². The van der Waals surface area contributed by atoms with E-state index < -0.39 is 11.9 Å². The van der Waals surface area contributed by atoms with E-state index in [-0.39, 0.29) is 5.75 Å². The van der Waals surface area contributed by atoms with Crippen LogP contribution in [0, 0.1) is 0 Å². The summed E-state index contributed by atoms with van der Waals surface area (Å²) in [5, 5.41) is 9.59. The summed E-state index contributed by atoms with van der Waals surface area (Å²) in [4.78, 5) is 15.2. The fourth-order valence-electron chi connectivity index (χ4n) is 1.30. The average Bonchev–Trinajstić information content (AvgIpc) is 2.61. The fourth-order valence-corrected chi connectivity index (χ4v) is 2.81. The second kappa shape index (κ2) is 4.20. The van der Waals surface area contributed by atoms with Crippen LogP contribution in [0.2, 0.25) is 0 Å². The molecule has 0 spiro atoms. The van der Waals surface area contributed by atoms with Crippen LogP contribution in [0.25, 0.3) is 10.2 Å². The molecule has 78 valence electrons. The van der Waals surface area contributed by atoms with Crippen LogP contribution in [0.5, 0.6) is 0 Å². The molecule has 0 aliphatic heterocycles. The minimum absolute atomic E-state index is 0.273. The molecule has 0 aliphatic rings. The number of carboxylic acids is 1. The molecule has 3 nitrogen and oxygen atoms in total. The van der Waals surface area contributed by atoms with Gasteiger partial charge < -0.3 is 5.11 Å². The highest BCUT2D eigenvalue weighted by molar-refractivity contribution is 7.80. The minimum atomic E-state index is -0.871. The first-order valence-corrected chi connectivity index (χ1v) is 5.86. The maximum atomic E-state index is 10.9. The number of rotatable bonds is 3. The molecule has 15 heavy (non-hydrogen) atoms. The standard InChI is InChI=1S/C10H9NO2S2/c12-10(13)6(5-14)9-11-7-3-1-2-4-8(7)15-9/h1-4,6,14H,5H2,(H,12,13)/t6-/m1/s1. The lowest BCUT2D eigenvalue weighted by Gasteiger charge is -2.03. The number of aromatic nitrogens is 1. The van der Waals surface area contributed by atoms with Crippen LogP contribution in [0.15, 0.2) is 24.3 Å². The average molecular weight is 239 g/mol. The first-order chi connectivity index (χ1) is 7.22. The summed E-state index contributed by atoms with van der Waals surface area (Å²) in [5.41, 5.74) is 0.852. The van der Waals surface area contributed by atoms with Gasteiger partial charge in [0.25, 0.3) is 0 Å². The van der Waals surface area contributed by atoms with Crippen molar-refractivity contribution >= 4 is 40.2 Å². The second-order valence-electron chi connectivity index (χ2n) is 3.09. The molecule has 0 saturated heterocycles. The Morgan fingerprint density at radius 2 is 2.27 bits per heavy atom. The smallest absolute Gasteiger partial charge is 0.314 e. The molecule has 1 aromatic heterocycles. The molecular weight excluding hydrogens is 230 g/mol. The van der Waals surface area contributed by atoms with Crippen LogP contribution >= 0.6 is 24.0 Å².